The number of rotatable bonds is 3. The van der Waals surface area contributed by atoms with E-state index in [1.807, 2.05) is 13.8 Å². The normalized spacial score (nSPS) is 20.3. The molecule has 3 aliphatic carbocycles. The highest BCUT2D eigenvalue weighted by Gasteiger charge is 2.24. The van der Waals surface area contributed by atoms with Crippen LogP contribution < -0.4 is 0 Å². The van der Waals surface area contributed by atoms with E-state index in [1.165, 1.54) is 82.6 Å². The Bertz CT molecular complexity index is 552. The summed E-state index contributed by atoms with van der Waals surface area (Å²) in [5.41, 5.74) is 3.08. The van der Waals surface area contributed by atoms with Crippen molar-refractivity contribution >= 4 is 67.8 Å². The Morgan fingerprint density at radius 2 is 1.09 bits per heavy atom. The van der Waals surface area contributed by atoms with Gasteiger partial charge in [0.2, 0.25) is 0 Å². The molecule has 3 aliphatic rings. The third-order valence-electron chi connectivity index (χ3n) is 7.40. The van der Waals surface area contributed by atoms with Crippen LogP contribution in [0.15, 0.2) is 24.3 Å². The number of hydrogen-bond donors (Lipinski definition) is 0. The van der Waals surface area contributed by atoms with Crippen LogP contribution in [-0.4, -0.2) is -0.565 Å². The van der Waals surface area contributed by atoms with Gasteiger partial charge in [-0.3, -0.25) is 0 Å². The minimum atomic E-state index is 0.410. The van der Waals surface area contributed by atoms with Crippen molar-refractivity contribution in [1.82, 2.24) is 0 Å². The first-order chi connectivity index (χ1) is 15.9. The maximum absolute atomic E-state index is 2.41. The molecule has 0 aliphatic heterocycles. The fraction of sp³-hybridized carbons (Fsp3) is 0.800. The van der Waals surface area contributed by atoms with Crippen LogP contribution in [0.5, 0.6) is 0 Å². The minimum absolute atomic E-state index is 0.410. The molecule has 192 valence electrons. The van der Waals surface area contributed by atoms with Gasteiger partial charge >= 0.3 is 0 Å². The van der Waals surface area contributed by atoms with Crippen LogP contribution in [0.3, 0.4) is 0 Å². The molecule has 0 bridgehead atoms. The molecule has 0 aromatic heterocycles. The molecule has 0 saturated heterocycles. The quantitative estimate of drug-likeness (QED) is 0.211. The van der Waals surface area contributed by atoms with Crippen molar-refractivity contribution in [2.24, 2.45) is 11.8 Å². The number of halogens is 3. The van der Waals surface area contributed by atoms with Gasteiger partial charge in [-0.15, -0.1) is 0 Å². The number of hydrogen-bond acceptors (Lipinski definition) is 0. The van der Waals surface area contributed by atoms with Gasteiger partial charge in [0.1, 0.15) is -0.565 Å². The molecule has 3 heteroatoms. The molecule has 0 amide bonds. The molecule has 0 nitrogen and oxygen atoms in total. The summed E-state index contributed by atoms with van der Waals surface area (Å²) in [6, 6.07) is 9.19. The highest BCUT2D eigenvalue weighted by atomic mass is 127. The van der Waals surface area contributed by atoms with Gasteiger partial charge < -0.3 is 0 Å². The molecule has 3 saturated carbocycles. The fourth-order valence-electron chi connectivity index (χ4n) is 5.71. The summed E-state index contributed by atoms with van der Waals surface area (Å²) >= 11 is 7.05. The SMILES string of the molecule is C1CCC(C2CCCCC2)CC1.CC.CC(I)(I)I.CCc1cccc(C2CCCCC2)c1. The summed E-state index contributed by atoms with van der Waals surface area (Å²) in [6.07, 6.45) is 23.7. The summed E-state index contributed by atoms with van der Waals surface area (Å²) in [7, 11) is 0. The largest absolute Gasteiger partial charge is 0.121 e. The summed E-state index contributed by atoms with van der Waals surface area (Å²) < 4.78 is 0.410. The van der Waals surface area contributed by atoms with Crippen molar-refractivity contribution in [2.75, 3.05) is 0 Å². The third-order valence-corrected chi connectivity index (χ3v) is 7.40. The van der Waals surface area contributed by atoms with E-state index in [4.69, 9.17) is 0 Å². The minimum Gasteiger partial charge on any atom is -0.0683 e. The lowest BCUT2D eigenvalue weighted by atomic mass is 9.73. The molecular formula is C30H51I3. The first-order valence-electron chi connectivity index (χ1n) is 14.0. The van der Waals surface area contributed by atoms with Crippen molar-refractivity contribution in [1.29, 1.82) is 0 Å². The molecule has 0 atom stereocenters. The Kier molecular flexibility index (Phi) is 19.2. The molecule has 4 rings (SSSR count). The van der Waals surface area contributed by atoms with E-state index < -0.39 is 0 Å². The van der Waals surface area contributed by atoms with E-state index in [-0.39, 0.29) is 0 Å². The average molecular weight is 792 g/mol. The van der Waals surface area contributed by atoms with Crippen LogP contribution in [0.1, 0.15) is 141 Å². The first-order valence-corrected chi connectivity index (χ1v) is 17.3. The summed E-state index contributed by atoms with van der Waals surface area (Å²) in [4.78, 5) is 0. The van der Waals surface area contributed by atoms with Gasteiger partial charge in [-0.1, -0.05) is 196 Å². The van der Waals surface area contributed by atoms with E-state index >= 15 is 0 Å². The zero-order valence-corrected chi connectivity index (χ0v) is 28.5. The Morgan fingerprint density at radius 3 is 1.48 bits per heavy atom. The second-order valence-corrected chi connectivity index (χ2v) is 22.7. The van der Waals surface area contributed by atoms with Crippen molar-refractivity contribution in [2.45, 2.75) is 136 Å². The van der Waals surface area contributed by atoms with Gasteiger partial charge in [0.15, 0.2) is 0 Å². The molecule has 3 fully saturated rings. The maximum atomic E-state index is 2.41. The van der Waals surface area contributed by atoms with E-state index in [0.717, 1.165) is 17.8 Å². The Balaban J connectivity index is 0.000000261. The van der Waals surface area contributed by atoms with E-state index in [0.29, 0.717) is -0.565 Å². The molecule has 1 aromatic carbocycles. The molecule has 33 heavy (non-hydrogen) atoms. The van der Waals surface area contributed by atoms with Crippen LogP contribution in [0, 0.1) is 11.8 Å². The highest BCUT2D eigenvalue weighted by Crippen LogP contribution is 2.38. The Hall–Kier alpha value is 1.41. The standard InChI is InChI=1S/C14H20.C12H22.C2H3I3.C2H6/c1-2-12-7-6-10-14(11-12)13-8-4-3-5-9-13;1-3-7-11(8-4-1)12-9-5-2-6-10-12;1-2(3,4)5;1-2/h6-7,10-11,13H,2-5,8-9H2,1H3;11-12H,1-10H2;1H3;1-2H3. The zero-order chi connectivity index (χ0) is 24.5. The first kappa shape index (κ1) is 32.4. The van der Waals surface area contributed by atoms with Gasteiger partial charge in [-0.05, 0) is 55.1 Å². The zero-order valence-electron chi connectivity index (χ0n) is 22.0. The van der Waals surface area contributed by atoms with E-state index in [9.17, 15) is 0 Å². The van der Waals surface area contributed by atoms with E-state index in [1.54, 1.807) is 31.2 Å². The molecular weight excluding hydrogens is 741 g/mol. The lowest BCUT2D eigenvalue weighted by molar-refractivity contribution is 0.196. The van der Waals surface area contributed by atoms with Crippen LogP contribution >= 0.6 is 67.8 Å². The number of benzene rings is 1. The highest BCUT2D eigenvalue weighted by molar-refractivity contribution is 14.3. The van der Waals surface area contributed by atoms with Gasteiger partial charge in [-0.25, -0.2) is 0 Å². The van der Waals surface area contributed by atoms with Crippen LogP contribution in [0.4, 0.5) is 0 Å². The van der Waals surface area contributed by atoms with Crippen LogP contribution in [0.2, 0.25) is 0 Å². The molecule has 0 N–H and O–H groups in total. The molecule has 0 unspecified atom stereocenters. The lowest BCUT2D eigenvalue weighted by Gasteiger charge is -2.32. The predicted molar refractivity (Wildman–Crippen MR) is 177 cm³/mol. The van der Waals surface area contributed by atoms with E-state index in [2.05, 4.69) is 106 Å². The summed E-state index contributed by atoms with van der Waals surface area (Å²) in [6.45, 7) is 8.38. The second-order valence-electron chi connectivity index (χ2n) is 10.0. The van der Waals surface area contributed by atoms with Crippen molar-refractivity contribution in [3.05, 3.63) is 35.4 Å². The summed E-state index contributed by atoms with van der Waals surface area (Å²) in [5.74, 6) is 3.13. The lowest BCUT2D eigenvalue weighted by Crippen LogP contribution is -2.20. The van der Waals surface area contributed by atoms with Crippen LogP contribution in [0.25, 0.3) is 0 Å². The molecule has 0 spiro atoms. The van der Waals surface area contributed by atoms with Crippen molar-refractivity contribution < 1.29 is 0 Å². The molecule has 0 radical (unpaired) electrons. The van der Waals surface area contributed by atoms with Gasteiger partial charge in [0.05, 0.1) is 0 Å². The topological polar surface area (TPSA) is 0 Å². The van der Waals surface area contributed by atoms with Crippen molar-refractivity contribution in [3.8, 4) is 0 Å². The summed E-state index contributed by atoms with van der Waals surface area (Å²) in [5, 5.41) is 0. The fourth-order valence-corrected chi connectivity index (χ4v) is 5.71. The second kappa shape index (κ2) is 19.5. The van der Waals surface area contributed by atoms with Gasteiger partial charge in [0.25, 0.3) is 0 Å². The average Bonchev–Trinajstić information content (AvgIpc) is 2.86. The number of alkyl halides is 3. The molecule has 1 aromatic rings. The van der Waals surface area contributed by atoms with Crippen LogP contribution in [-0.2, 0) is 6.42 Å². The third kappa shape index (κ3) is 16.0. The monoisotopic (exact) mass is 792 g/mol. The number of aryl methyl sites for hydroxylation is 1. The predicted octanol–water partition coefficient (Wildman–Crippen LogP) is 12.4. The van der Waals surface area contributed by atoms with Gasteiger partial charge in [0, 0.05) is 0 Å². The Labute approximate surface area is 248 Å². The van der Waals surface area contributed by atoms with Crippen molar-refractivity contribution in [3.63, 3.8) is 0 Å². The Morgan fingerprint density at radius 1 is 0.697 bits per heavy atom. The smallest absolute Gasteiger partial charge is 0.0683 e. The maximum Gasteiger partial charge on any atom is 0.121 e. The van der Waals surface area contributed by atoms with Gasteiger partial charge in [-0.2, -0.15) is 0 Å². The molecule has 0 heterocycles.